The van der Waals surface area contributed by atoms with Crippen LogP contribution >= 0.6 is 0 Å². The van der Waals surface area contributed by atoms with E-state index < -0.39 is 42.2 Å². The van der Waals surface area contributed by atoms with Gasteiger partial charge in [0.25, 0.3) is 0 Å². The Hall–Kier alpha value is -1.05. The third kappa shape index (κ3) is 2.45. The third-order valence-electron chi connectivity index (χ3n) is 2.24. The summed E-state index contributed by atoms with van der Waals surface area (Å²) in [5.41, 5.74) is -8.23. The van der Waals surface area contributed by atoms with Crippen molar-refractivity contribution in [2.45, 2.75) is 35.8 Å². The van der Waals surface area contributed by atoms with Crippen LogP contribution in [0, 0.1) is 6.43 Å². The molecule has 0 aromatic heterocycles. The summed E-state index contributed by atoms with van der Waals surface area (Å²) in [5.74, 6) is -24.0. The molecule has 1 radical (unpaired) electrons. The average Bonchev–Trinajstić information content (AvgIpc) is 2.23. The standard InChI is InChI=1S/C7F15/c8-1(9)2(10,11)3(12,6(17,18)19)4(13,14)5(15,16)7(20,21)22. The molecule has 0 nitrogen and oxygen atoms in total. The molecule has 0 fully saturated rings. The van der Waals surface area contributed by atoms with E-state index in [0.29, 0.717) is 0 Å². The lowest BCUT2D eigenvalue weighted by molar-refractivity contribution is -0.442. The molecule has 0 aliphatic carbocycles. The maximum absolute atomic E-state index is 13.0. The Morgan fingerprint density at radius 2 is 0.773 bits per heavy atom. The quantitative estimate of drug-likeness (QED) is 0.601. The van der Waals surface area contributed by atoms with E-state index in [4.69, 9.17) is 0 Å². The lowest BCUT2D eigenvalue weighted by atomic mass is 9.85. The summed E-state index contributed by atoms with van der Waals surface area (Å²) in [7, 11) is 0. The first-order valence-corrected chi connectivity index (χ1v) is 4.33. The molecular weight excluding hydrogens is 369 g/mol. The Bertz CT molecular complexity index is 399. The van der Waals surface area contributed by atoms with Crippen molar-refractivity contribution in [1.29, 1.82) is 0 Å². The van der Waals surface area contributed by atoms with Crippen LogP contribution in [-0.4, -0.2) is 35.8 Å². The van der Waals surface area contributed by atoms with Crippen molar-refractivity contribution in [3.05, 3.63) is 6.43 Å². The summed E-state index contributed by atoms with van der Waals surface area (Å²) in [6.45, 7) is 0. The molecule has 0 spiro atoms. The van der Waals surface area contributed by atoms with E-state index in [-0.39, 0.29) is 0 Å². The molecule has 0 saturated heterocycles. The Morgan fingerprint density at radius 1 is 0.455 bits per heavy atom. The Morgan fingerprint density at radius 3 is 0.955 bits per heavy atom. The number of halogens is 15. The van der Waals surface area contributed by atoms with E-state index in [1.165, 1.54) is 0 Å². The minimum absolute atomic E-state index is 5.08. The van der Waals surface area contributed by atoms with Gasteiger partial charge in [-0.25, -0.2) is 4.39 Å². The second kappa shape index (κ2) is 4.97. The summed E-state index contributed by atoms with van der Waals surface area (Å²) < 4.78 is 182. The highest BCUT2D eigenvalue weighted by Gasteiger charge is 2.94. The van der Waals surface area contributed by atoms with Crippen LogP contribution in [-0.2, 0) is 0 Å². The van der Waals surface area contributed by atoms with Gasteiger partial charge in [-0.1, -0.05) is 0 Å². The van der Waals surface area contributed by atoms with Crippen molar-refractivity contribution in [2.24, 2.45) is 0 Å². The predicted molar refractivity (Wildman–Crippen MR) is 36.2 cm³/mol. The Balaban J connectivity index is 6.63. The molecular formula is C7F15. The van der Waals surface area contributed by atoms with Crippen LogP contribution < -0.4 is 0 Å². The van der Waals surface area contributed by atoms with Crippen LogP contribution in [0.2, 0.25) is 0 Å². The maximum atomic E-state index is 13.0. The summed E-state index contributed by atoms with van der Waals surface area (Å²) in [6, 6.07) is 0. The van der Waals surface area contributed by atoms with E-state index in [0.717, 1.165) is 0 Å². The molecule has 0 N–H and O–H groups in total. The average molecular weight is 369 g/mol. The van der Waals surface area contributed by atoms with E-state index in [2.05, 4.69) is 0 Å². The first-order valence-electron chi connectivity index (χ1n) is 4.33. The van der Waals surface area contributed by atoms with Gasteiger partial charge < -0.3 is 0 Å². The van der Waals surface area contributed by atoms with Gasteiger partial charge in [0.15, 0.2) is 0 Å². The van der Waals surface area contributed by atoms with Crippen LogP contribution in [0.4, 0.5) is 65.9 Å². The molecule has 15 heteroatoms. The van der Waals surface area contributed by atoms with Gasteiger partial charge in [0.2, 0.25) is 0 Å². The molecule has 0 aliphatic rings. The smallest absolute Gasteiger partial charge is 0.219 e. The van der Waals surface area contributed by atoms with Crippen molar-refractivity contribution < 1.29 is 65.9 Å². The summed E-state index contributed by atoms with van der Waals surface area (Å²) in [6.07, 6.45) is -20.6. The van der Waals surface area contributed by atoms with Gasteiger partial charge in [-0.3, -0.25) is 0 Å². The zero-order valence-electron chi connectivity index (χ0n) is 9.17. The van der Waals surface area contributed by atoms with Crippen molar-refractivity contribution in [3.8, 4) is 0 Å². The number of hydrogen-bond donors (Lipinski definition) is 0. The fraction of sp³-hybridized carbons (Fsp3) is 0.857. The lowest BCUT2D eigenvalue weighted by Crippen LogP contribution is -2.74. The first-order chi connectivity index (χ1) is 9.19. The van der Waals surface area contributed by atoms with Crippen molar-refractivity contribution in [3.63, 3.8) is 0 Å². The van der Waals surface area contributed by atoms with Crippen LogP contribution in [0.3, 0.4) is 0 Å². The van der Waals surface area contributed by atoms with Gasteiger partial charge in [0, 0.05) is 0 Å². The first kappa shape index (κ1) is 20.9. The SMILES string of the molecule is F[C](F)C(F)(F)C(F)(C(F)(F)F)C(F)(F)C(F)(F)C(F)(F)F. The monoisotopic (exact) mass is 369 g/mol. The molecule has 0 saturated carbocycles. The normalized spacial score (nSPS) is 18.5. The molecule has 0 aliphatic heterocycles. The third-order valence-corrected chi connectivity index (χ3v) is 2.24. The Labute approximate surface area is 109 Å². The Kier molecular flexibility index (Phi) is 4.74. The zero-order valence-corrected chi connectivity index (χ0v) is 9.17. The van der Waals surface area contributed by atoms with Gasteiger partial charge in [-0.05, 0) is 0 Å². The lowest BCUT2D eigenvalue weighted by Gasteiger charge is -2.42. The highest BCUT2D eigenvalue weighted by Crippen LogP contribution is 2.63. The minimum Gasteiger partial charge on any atom is -0.219 e. The molecule has 1 unspecified atom stereocenters. The predicted octanol–water partition coefficient (Wildman–Crippen LogP) is 5.15. The molecule has 0 aromatic rings. The second-order valence-corrected chi connectivity index (χ2v) is 3.64. The molecule has 0 rings (SSSR count). The molecule has 0 amide bonds. The molecule has 1 atom stereocenters. The molecule has 133 valence electrons. The van der Waals surface area contributed by atoms with Gasteiger partial charge >= 0.3 is 42.2 Å². The van der Waals surface area contributed by atoms with Crippen molar-refractivity contribution >= 4 is 0 Å². The molecule has 22 heavy (non-hydrogen) atoms. The molecule has 0 bridgehead atoms. The molecule has 0 heterocycles. The number of rotatable bonds is 4. The van der Waals surface area contributed by atoms with Gasteiger partial charge in [-0.15, -0.1) is 0 Å². The van der Waals surface area contributed by atoms with Crippen molar-refractivity contribution in [1.82, 2.24) is 0 Å². The van der Waals surface area contributed by atoms with E-state index in [1.807, 2.05) is 0 Å². The summed E-state index contributed by atoms with van der Waals surface area (Å²) in [4.78, 5) is 0. The van der Waals surface area contributed by atoms with Crippen LogP contribution in [0.5, 0.6) is 0 Å². The largest absolute Gasteiger partial charge is 0.460 e. The number of alkyl halides is 13. The zero-order chi connectivity index (χ0) is 18.6. The van der Waals surface area contributed by atoms with E-state index in [9.17, 15) is 65.9 Å². The van der Waals surface area contributed by atoms with Crippen LogP contribution in [0.15, 0.2) is 0 Å². The van der Waals surface area contributed by atoms with E-state index >= 15 is 0 Å². The fourth-order valence-electron chi connectivity index (χ4n) is 1.08. The van der Waals surface area contributed by atoms with Crippen molar-refractivity contribution in [2.75, 3.05) is 0 Å². The van der Waals surface area contributed by atoms with Crippen LogP contribution in [0.25, 0.3) is 0 Å². The van der Waals surface area contributed by atoms with Crippen LogP contribution in [0.1, 0.15) is 0 Å². The van der Waals surface area contributed by atoms with E-state index in [1.54, 1.807) is 0 Å². The topological polar surface area (TPSA) is 0 Å². The second-order valence-electron chi connectivity index (χ2n) is 3.64. The van der Waals surface area contributed by atoms with Gasteiger partial charge in [0.05, 0.1) is 0 Å². The highest BCUT2D eigenvalue weighted by molar-refractivity contribution is 5.18. The summed E-state index contributed by atoms with van der Waals surface area (Å²) in [5, 5.41) is 0. The fourth-order valence-corrected chi connectivity index (χ4v) is 1.08. The van der Waals surface area contributed by atoms with Gasteiger partial charge in [-0.2, -0.15) is 61.5 Å². The van der Waals surface area contributed by atoms with Gasteiger partial charge in [0.1, 0.15) is 0 Å². The highest BCUT2D eigenvalue weighted by atomic mass is 19.4. The minimum atomic E-state index is -8.32. The number of hydrogen-bond acceptors (Lipinski definition) is 0. The summed E-state index contributed by atoms with van der Waals surface area (Å²) >= 11 is 0. The maximum Gasteiger partial charge on any atom is 0.460 e. The molecule has 0 aromatic carbocycles.